The van der Waals surface area contributed by atoms with Gasteiger partial charge in [0.25, 0.3) is 5.91 Å². The van der Waals surface area contributed by atoms with Crippen molar-refractivity contribution in [1.82, 2.24) is 15.1 Å². The second-order valence-electron chi connectivity index (χ2n) is 6.01. The van der Waals surface area contributed by atoms with E-state index < -0.39 is 0 Å². The van der Waals surface area contributed by atoms with Crippen LogP contribution in [-0.4, -0.2) is 35.4 Å². The van der Waals surface area contributed by atoms with Crippen molar-refractivity contribution < 1.29 is 9.53 Å². The molecule has 0 aliphatic carbocycles. The molecule has 1 fully saturated rings. The van der Waals surface area contributed by atoms with Crippen LogP contribution in [0.5, 0.6) is 5.75 Å². The van der Waals surface area contributed by atoms with E-state index in [4.69, 9.17) is 4.74 Å². The lowest BCUT2D eigenvalue weighted by Gasteiger charge is -2.22. The number of hydrogen-bond acceptors (Lipinski definition) is 4. The molecule has 1 aromatic heterocycles. The van der Waals surface area contributed by atoms with E-state index in [0.717, 1.165) is 38.1 Å². The average Bonchev–Trinajstić information content (AvgIpc) is 3.11. The summed E-state index contributed by atoms with van der Waals surface area (Å²) in [5.74, 6) is 0.554. The number of benzene rings is 1. The topological polar surface area (TPSA) is 68.2 Å². The van der Waals surface area contributed by atoms with Crippen molar-refractivity contribution in [2.24, 2.45) is 0 Å². The summed E-state index contributed by atoms with van der Waals surface area (Å²) >= 11 is 0. The number of nitrogens with one attached hydrogen (secondary N) is 2. The lowest BCUT2D eigenvalue weighted by Crippen LogP contribution is -2.32. The standard InChI is InChI=1S/C18H24N4O2/c1-2-11-24-16-7-3-5-14(12-16)20-18(23)17-8-10-22(21-17)15-6-4-9-19-13-15/h3,5,7-8,10,12,15,19H,2,4,6,9,11,13H2,1H3,(H,20,23). The summed E-state index contributed by atoms with van der Waals surface area (Å²) in [7, 11) is 0. The molecular formula is C18H24N4O2. The first-order valence-electron chi connectivity index (χ1n) is 8.56. The minimum absolute atomic E-state index is 0.204. The van der Waals surface area contributed by atoms with Crippen LogP contribution in [0.2, 0.25) is 0 Å². The van der Waals surface area contributed by atoms with Crippen LogP contribution in [0.25, 0.3) is 0 Å². The highest BCUT2D eigenvalue weighted by molar-refractivity contribution is 6.02. The molecule has 0 radical (unpaired) electrons. The third kappa shape index (κ3) is 4.14. The second kappa shape index (κ2) is 7.97. The molecule has 1 aliphatic heterocycles. The maximum Gasteiger partial charge on any atom is 0.276 e. The summed E-state index contributed by atoms with van der Waals surface area (Å²) in [4.78, 5) is 12.4. The van der Waals surface area contributed by atoms with Gasteiger partial charge in [-0.25, -0.2) is 0 Å². The van der Waals surface area contributed by atoms with Gasteiger partial charge in [0.05, 0.1) is 12.6 Å². The van der Waals surface area contributed by atoms with Crippen molar-refractivity contribution in [3.63, 3.8) is 0 Å². The highest BCUT2D eigenvalue weighted by Gasteiger charge is 2.17. The normalized spacial score (nSPS) is 17.5. The lowest BCUT2D eigenvalue weighted by molar-refractivity contribution is 0.102. The van der Waals surface area contributed by atoms with E-state index in [1.54, 1.807) is 6.07 Å². The molecule has 3 rings (SSSR count). The highest BCUT2D eigenvalue weighted by Crippen LogP contribution is 2.19. The zero-order valence-corrected chi connectivity index (χ0v) is 14.0. The molecule has 1 saturated heterocycles. The van der Waals surface area contributed by atoms with Crippen LogP contribution in [0.4, 0.5) is 5.69 Å². The van der Waals surface area contributed by atoms with Gasteiger partial charge in [-0.1, -0.05) is 13.0 Å². The Labute approximate surface area is 142 Å². The van der Waals surface area contributed by atoms with Crippen LogP contribution >= 0.6 is 0 Å². The number of anilines is 1. The molecule has 0 spiro atoms. The van der Waals surface area contributed by atoms with Crippen molar-refractivity contribution in [3.05, 3.63) is 42.2 Å². The molecule has 2 heterocycles. The fourth-order valence-electron chi connectivity index (χ4n) is 2.80. The van der Waals surface area contributed by atoms with E-state index in [1.807, 2.05) is 35.1 Å². The minimum Gasteiger partial charge on any atom is -0.494 e. The van der Waals surface area contributed by atoms with Crippen molar-refractivity contribution in [3.8, 4) is 5.75 Å². The van der Waals surface area contributed by atoms with Crippen molar-refractivity contribution >= 4 is 11.6 Å². The zero-order valence-electron chi connectivity index (χ0n) is 14.0. The third-order valence-electron chi connectivity index (χ3n) is 4.05. The summed E-state index contributed by atoms with van der Waals surface area (Å²) in [6, 6.07) is 9.52. The lowest BCUT2D eigenvalue weighted by atomic mass is 10.1. The number of rotatable bonds is 6. The van der Waals surface area contributed by atoms with Crippen LogP contribution in [-0.2, 0) is 0 Å². The summed E-state index contributed by atoms with van der Waals surface area (Å²) in [6.45, 7) is 4.68. The molecule has 1 unspecified atom stereocenters. The molecule has 24 heavy (non-hydrogen) atoms. The minimum atomic E-state index is -0.204. The van der Waals surface area contributed by atoms with Crippen LogP contribution in [0.15, 0.2) is 36.5 Å². The van der Waals surface area contributed by atoms with Crippen molar-refractivity contribution in [2.75, 3.05) is 25.0 Å². The highest BCUT2D eigenvalue weighted by atomic mass is 16.5. The number of piperidine rings is 1. The van der Waals surface area contributed by atoms with Gasteiger partial charge in [0, 0.05) is 24.5 Å². The van der Waals surface area contributed by atoms with E-state index in [2.05, 4.69) is 22.7 Å². The van der Waals surface area contributed by atoms with Gasteiger partial charge in [0.15, 0.2) is 5.69 Å². The van der Waals surface area contributed by atoms with Gasteiger partial charge in [-0.2, -0.15) is 5.10 Å². The van der Waals surface area contributed by atoms with Crippen LogP contribution in [0.1, 0.15) is 42.7 Å². The molecule has 1 amide bonds. The maximum atomic E-state index is 12.4. The van der Waals surface area contributed by atoms with E-state index >= 15 is 0 Å². The van der Waals surface area contributed by atoms with Gasteiger partial charge in [-0.3, -0.25) is 9.48 Å². The first-order chi connectivity index (χ1) is 11.8. The van der Waals surface area contributed by atoms with E-state index in [9.17, 15) is 4.79 Å². The number of nitrogens with zero attached hydrogens (tertiary/aromatic N) is 2. The van der Waals surface area contributed by atoms with Gasteiger partial charge >= 0.3 is 0 Å². The summed E-state index contributed by atoms with van der Waals surface area (Å²) in [5, 5.41) is 10.7. The SMILES string of the molecule is CCCOc1cccc(NC(=O)c2ccn(C3CCCNC3)n2)c1. The molecular weight excluding hydrogens is 304 g/mol. The largest absolute Gasteiger partial charge is 0.494 e. The number of hydrogen-bond donors (Lipinski definition) is 2. The fourth-order valence-corrected chi connectivity index (χ4v) is 2.80. The Morgan fingerprint density at radius 3 is 3.17 bits per heavy atom. The fraction of sp³-hybridized carbons (Fsp3) is 0.444. The Bertz CT molecular complexity index is 677. The van der Waals surface area contributed by atoms with Crippen molar-refractivity contribution in [2.45, 2.75) is 32.2 Å². The monoisotopic (exact) mass is 328 g/mol. The molecule has 0 bridgehead atoms. The van der Waals surface area contributed by atoms with Gasteiger partial charge in [-0.05, 0) is 44.0 Å². The molecule has 0 saturated carbocycles. The van der Waals surface area contributed by atoms with E-state index in [1.165, 1.54) is 0 Å². The number of carbonyl (C=O) groups is 1. The third-order valence-corrected chi connectivity index (χ3v) is 4.05. The summed E-state index contributed by atoms with van der Waals surface area (Å²) in [6.07, 6.45) is 5.06. The Hall–Kier alpha value is -2.34. The number of carbonyl (C=O) groups excluding carboxylic acids is 1. The predicted molar refractivity (Wildman–Crippen MR) is 93.5 cm³/mol. The van der Waals surface area contributed by atoms with Crippen LogP contribution in [0, 0.1) is 0 Å². The zero-order chi connectivity index (χ0) is 16.8. The first kappa shape index (κ1) is 16.5. The summed E-state index contributed by atoms with van der Waals surface area (Å²) in [5.41, 5.74) is 1.14. The second-order valence-corrected chi connectivity index (χ2v) is 6.01. The van der Waals surface area contributed by atoms with Crippen LogP contribution < -0.4 is 15.4 Å². The van der Waals surface area contributed by atoms with Gasteiger partial charge in [0.1, 0.15) is 5.75 Å². The molecule has 2 N–H and O–H groups in total. The van der Waals surface area contributed by atoms with Gasteiger partial charge in [0.2, 0.25) is 0 Å². The first-order valence-corrected chi connectivity index (χ1v) is 8.56. The van der Waals surface area contributed by atoms with Crippen molar-refractivity contribution in [1.29, 1.82) is 0 Å². The van der Waals surface area contributed by atoms with Crippen LogP contribution in [0.3, 0.4) is 0 Å². The number of amides is 1. The number of ether oxygens (including phenoxy) is 1. The molecule has 2 aromatic rings. The van der Waals surface area contributed by atoms with E-state index in [-0.39, 0.29) is 5.91 Å². The molecule has 128 valence electrons. The number of aromatic nitrogens is 2. The van der Waals surface area contributed by atoms with E-state index in [0.29, 0.717) is 24.0 Å². The molecule has 1 aliphatic rings. The molecule has 1 aromatic carbocycles. The molecule has 6 heteroatoms. The quantitative estimate of drug-likeness (QED) is 0.855. The van der Waals surface area contributed by atoms with Gasteiger partial charge < -0.3 is 15.4 Å². The maximum absolute atomic E-state index is 12.4. The Morgan fingerprint density at radius 2 is 2.38 bits per heavy atom. The Morgan fingerprint density at radius 1 is 1.46 bits per heavy atom. The average molecular weight is 328 g/mol. The van der Waals surface area contributed by atoms with Gasteiger partial charge in [-0.15, -0.1) is 0 Å². The Kier molecular flexibility index (Phi) is 5.48. The molecule has 6 nitrogen and oxygen atoms in total. The molecule has 1 atom stereocenters. The smallest absolute Gasteiger partial charge is 0.276 e. The predicted octanol–water partition coefficient (Wildman–Crippen LogP) is 2.85. The Balaban J connectivity index is 1.63. The summed E-state index contributed by atoms with van der Waals surface area (Å²) < 4.78 is 7.48.